The molecule has 0 radical (unpaired) electrons. The van der Waals surface area contributed by atoms with Gasteiger partial charge in [-0.2, -0.15) is 17.4 Å². The second kappa shape index (κ2) is 4.96. The largest absolute Gasteiger partial charge is 0.392 e. The van der Waals surface area contributed by atoms with E-state index in [0.717, 1.165) is 0 Å². The molecule has 2 N–H and O–H groups in total. The van der Waals surface area contributed by atoms with Crippen LogP contribution in [0.5, 0.6) is 0 Å². The third-order valence-corrected chi connectivity index (χ3v) is 5.79. The Bertz CT molecular complexity index is 427. The molecule has 1 saturated carbocycles. The number of ether oxygens (including phenoxy) is 1. The lowest BCUT2D eigenvalue weighted by Gasteiger charge is -2.49. The van der Waals surface area contributed by atoms with Gasteiger partial charge in [-0.3, -0.25) is 0 Å². The highest BCUT2D eigenvalue weighted by Crippen LogP contribution is 2.40. The Hall–Kier alpha value is -0.210. The van der Waals surface area contributed by atoms with E-state index in [9.17, 15) is 13.5 Å². The fourth-order valence-electron chi connectivity index (χ4n) is 2.68. The quantitative estimate of drug-likeness (QED) is 0.773. The van der Waals surface area contributed by atoms with Crippen molar-refractivity contribution in [2.24, 2.45) is 5.41 Å². The second-order valence-electron chi connectivity index (χ2n) is 6.32. The zero-order chi connectivity index (χ0) is 14.4. The van der Waals surface area contributed by atoms with Crippen molar-refractivity contribution in [1.82, 2.24) is 9.03 Å². The number of rotatable bonds is 3. The van der Waals surface area contributed by atoms with Gasteiger partial charge in [-0.1, -0.05) is 13.8 Å². The Labute approximate surface area is 115 Å². The van der Waals surface area contributed by atoms with Gasteiger partial charge in [-0.05, 0) is 20.3 Å². The van der Waals surface area contributed by atoms with Gasteiger partial charge in [0.2, 0.25) is 0 Å². The smallest absolute Gasteiger partial charge is 0.279 e. The molecular weight excluding hydrogens is 268 g/mol. The Morgan fingerprint density at radius 1 is 1.26 bits per heavy atom. The third kappa shape index (κ3) is 2.95. The van der Waals surface area contributed by atoms with E-state index in [4.69, 9.17) is 4.74 Å². The molecule has 112 valence electrons. The van der Waals surface area contributed by atoms with Crippen molar-refractivity contribution in [3.8, 4) is 0 Å². The molecule has 1 heterocycles. The Balaban J connectivity index is 2.03. The van der Waals surface area contributed by atoms with Crippen LogP contribution in [0.15, 0.2) is 0 Å². The Morgan fingerprint density at radius 2 is 1.79 bits per heavy atom. The molecular formula is C12H24N2O4S. The van der Waals surface area contributed by atoms with Crippen molar-refractivity contribution in [3.63, 3.8) is 0 Å². The minimum Gasteiger partial charge on any atom is -0.392 e. The molecule has 0 aromatic rings. The van der Waals surface area contributed by atoms with Crippen LogP contribution in [-0.2, 0) is 14.9 Å². The SMILES string of the molecule is CC1CN(S(=O)(=O)NC2CC(O)C2(C)C)CC(C)O1. The number of morpholine rings is 1. The summed E-state index contributed by atoms with van der Waals surface area (Å²) >= 11 is 0. The highest BCUT2D eigenvalue weighted by Gasteiger charge is 2.49. The molecule has 4 atom stereocenters. The van der Waals surface area contributed by atoms with Crippen LogP contribution in [0, 0.1) is 5.41 Å². The first-order valence-electron chi connectivity index (χ1n) is 6.74. The molecule has 2 aliphatic rings. The van der Waals surface area contributed by atoms with Crippen molar-refractivity contribution in [2.75, 3.05) is 13.1 Å². The number of nitrogens with zero attached hydrogens (tertiary/aromatic N) is 1. The lowest BCUT2D eigenvalue weighted by Crippen LogP contribution is -2.64. The standard InChI is InChI=1S/C12H24N2O4S/c1-8-6-14(7-9(2)18-8)19(16,17)13-10-5-11(15)12(10,3)4/h8-11,13,15H,5-7H2,1-4H3. The summed E-state index contributed by atoms with van der Waals surface area (Å²) in [6.45, 7) is 8.23. The number of aliphatic hydroxyl groups excluding tert-OH is 1. The molecule has 2 rings (SSSR count). The van der Waals surface area contributed by atoms with Gasteiger partial charge in [-0.25, -0.2) is 0 Å². The summed E-state index contributed by atoms with van der Waals surface area (Å²) < 4.78 is 34.4. The minimum atomic E-state index is -3.51. The molecule has 0 amide bonds. The van der Waals surface area contributed by atoms with Gasteiger partial charge >= 0.3 is 0 Å². The molecule has 0 aromatic heterocycles. The lowest BCUT2D eigenvalue weighted by atomic mass is 9.65. The van der Waals surface area contributed by atoms with Crippen LogP contribution in [0.3, 0.4) is 0 Å². The van der Waals surface area contributed by atoms with Gasteiger partial charge in [0.25, 0.3) is 10.2 Å². The number of aliphatic hydroxyl groups is 1. The molecule has 0 aromatic carbocycles. The van der Waals surface area contributed by atoms with E-state index in [-0.39, 0.29) is 18.2 Å². The van der Waals surface area contributed by atoms with E-state index in [0.29, 0.717) is 19.5 Å². The van der Waals surface area contributed by atoms with Crippen molar-refractivity contribution >= 4 is 10.2 Å². The Morgan fingerprint density at radius 3 is 2.21 bits per heavy atom. The van der Waals surface area contributed by atoms with Crippen LogP contribution in [0.1, 0.15) is 34.1 Å². The zero-order valence-corrected chi connectivity index (χ0v) is 12.8. The molecule has 0 spiro atoms. The molecule has 0 bridgehead atoms. The van der Waals surface area contributed by atoms with Gasteiger partial charge in [0.1, 0.15) is 0 Å². The maximum atomic E-state index is 12.4. The van der Waals surface area contributed by atoms with Crippen LogP contribution < -0.4 is 4.72 Å². The topological polar surface area (TPSA) is 78.9 Å². The number of hydrogen-bond donors (Lipinski definition) is 2. The summed E-state index contributed by atoms with van der Waals surface area (Å²) in [5, 5.41) is 9.67. The lowest BCUT2D eigenvalue weighted by molar-refractivity contribution is -0.0670. The molecule has 6 nitrogen and oxygen atoms in total. The van der Waals surface area contributed by atoms with Crippen molar-refractivity contribution in [3.05, 3.63) is 0 Å². The third-order valence-electron chi connectivity index (χ3n) is 4.23. The van der Waals surface area contributed by atoms with E-state index in [1.807, 2.05) is 27.7 Å². The average molecular weight is 292 g/mol. The van der Waals surface area contributed by atoms with E-state index in [1.54, 1.807) is 0 Å². The first-order chi connectivity index (χ1) is 8.63. The van der Waals surface area contributed by atoms with Crippen molar-refractivity contribution < 1.29 is 18.3 Å². The number of nitrogens with one attached hydrogen (secondary N) is 1. The first-order valence-corrected chi connectivity index (χ1v) is 8.18. The summed E-state index contributed by atoms with van der Waals surface area (Å²) in [4.78, 5) is 0. The van der Waals surface area contributed by atoms with Crippen LogP contribution in [0.4, 0.5) is 0 Å². The van der Waals surface area contributed by atoms with Crippen LogP contribution in [-0.4, -0.2) is 55.3 Å². The van der Waals surface area contributed by atoms with E-state index in [1.165, 1.54) is 4.31 Å². The fraction of sp³-hybridized carbons (Fsp3) is 1.00. The summed E-state index contributed by atoms with van der Waals surface area (Å²) in [6, 6.07) is -0.207. The number of hydrogen-bond acceptors (Lipinski definition) is 4. The molecule has 1 saturated heterocycles. The average Bonchev–Trinajstić information content (AvgIpc) is 2.27. The zero-order valence-electron chi connectivity index (χ0n) is 12.0. The predicted octanol–water partition coefficient (Wildman–Crippen LogP) is 0.0894. The molecule has 4 unspecified atom stereocenters. The van der Waals surface area contributed by atoms with Crippen molar-refractivity contribution in [2.45, 2.75) is 58.5 Å². The van der Waals surface area contributed by atoms with Gasteiger partial charge in [0, 0.05) is 24.5 Å². The van der Waals surface area contributed by atoms with Gasteiger partial charge in [-0.15, -0.1) is 0 Å². The van der Waals surface area contributed by atoms with E-state index >= 15 is 0 Å². The fourth-order valence-corrected chi connectivity index (χ4v) is 4.40. The van der Waals surface area contributed by atoms with Gasteiger partial charge < -0.3 is 9.84 Å². The molecule has 7 heteroatoms. The molecule has 2 fully saturated rings. The molecule has 1 aliphatic heterocycles. The normalized spacial score (nSPS) is 39.8. The van der Waals surface area contributed by atoms with Crippen LogP contribution in [0.2, 0.25) is 0 Å². The van der Waals surface area contributed by atoms with E-state index in [2.05, 4.69) is 4.72 Å². The minimum absolute atomic E-state index is 0.0969. The second-order valence-corrected chi connectivity index (χ2v) is 8.02. The van der Waals surface area contributed by atoms with Crippen LogP contribution in [0.25, 0.3) is 0 Å². The maximum Gasteiger partial charge on any atom is 0.279 e. The van der Waals surface area contributed by atoms with Crippen molar-refractivity contribution in [1.29, 1.82) is 0 Å². The van der Waals surface area contributed by atoms with E-state index < -0.39 is 21.7 Å². The Kier molecular flexibility index (Phi) is 3.97. The summed E-state index contributed by atoms with van der Waals surface area (Å²) in [5.74, 6) is 0. The highest BCUT2D eigenvalue weighted by atomic mass is 32.2. The summed E-state index contributed by atoms with van der Waals surface area (Å²) in [5.41, 5.74) is -0.406. The summed E-state index contributed by atoms with van der Waals surface area (Å²) in [6.07, 6.45) is -0.162. The van der Waals surface area contributed by atoms with Crippen LogP contribution >= 0.6 is 0 Å². The predicted molar refractivity (Wildman–Crippen MR) is 71.8 cm³/mol. The molecule has 19 heavy (non-hydrogen) atoms. The molecule has 1 aliphatic carbocycles. The monoisotopic (exact) mass is 292 g/mol. The van der Waals surface area contributed by atoms with Gasteiger partial charge in [0.05, 0.1) is 18.3 Å². The van der Waals surface area contributed by atoms with Gasteiger partial charge in [0.15, 0.2) is 0 Å². The first kappa shape index (κ1) is 15.2. The highest BCUT2D eigenvalue weighted by molar-refractivity contribution is 7.87. The maximum absolute atomic E-state index is 12.4. The summed E-state index contributed by atoms with van der Waals surface area (Å²) in [7, 11) is -3.51.